The Labute approximate surface area is 122 Å². The lowest BCUT2D eigenvalue weighted by Gasteiger charge is -2.07. The van der Waals surface area contributed by atoms with Crippen molar-refractivity contribution in [2.45, 2.75) is 0 Å². The van der Waals surface area contributed by atoms with E-state index in [-0.39, 0.29) is 0 Å². The Morgan fingerprint density at radius 3 is 2.43 bits per heavy atom. The number of methoxy groups -OCH3 is 1. The monoisotopic (exact) mass is 274 g/mol. The van der Waals surface area contributed by atoms with E-state index in [9.17, 15) is 0 Å². The average molecular weight is 274 g/mol. The minimum atomic E-state index is 0.854. The maximum atomic E-state index is 5.24. The number of ether oxygens (including phenoxy) is 1. The molecule has 4 rings (SSSR count). The van der Waals surface area contributed by atoms with Crippen LogP contribution in [-0.4, -0.2) is 16.7 Å². The molecule has 2 aromatic heterocycles. The van der Waals surface area contributed by atoms with Crippen molar-refractivity contribution in [3.05, 3.63) is 66.9 Å². The summed E-state index contributed by atoms with van der Waals surface area (Å²) in [6.45, 7) is 0. The smallest absolute Gasteiger partial charge is 0.145 e. The standard InChI is InChI=1S/C18H14N2O/c1-21-14-10-8-13(9-11-14)20-17-7-3-2-5-15(17)16-6-4-12-19-18(16)20/h2-12H,1H3. The third-order valence-electron chi connectivity index (χ3n) is 3.76. The Morgan fingerprint density at radius 1 is 0.857 bits per heavy atom. The van der Waals surface area contributed by atoms with E-state index in [1.807, 2.05) is 24.4 Å². The Balaban J connectivity index is 2.09. The molecule has 0 saturated carbocycles. The SMILES string of the molecule is COc1ccc(-n2c3ccccc3c3cccnc32)cc1. The molecule has 0 aliphatic rings. The minimum Gasteiger partial charge on any atom is -0.497 e. The van der Waals surface area contributed by atoms with Gasteiger partial charge >= 0.3 is 0 Å². The zero-order chi connectivity index (χ0) is 14.2. The summed E-state index contributed by atoms with van der Waals surface area (Å²) in [6.07, 6.45) is 1.83. The maximum absolute atomic E-state index is 5.24. The van der Waals surface area contributed by atoms with Gasteiger partial charge in [0.05, 0.1) is 12.6 Å². The fourth-order valence-corrected chi connectivity index (χ4v) is 2.79. The first-order valence-electron chi connectivity index (χ1n) is 6.87. The van der Waals surface area contributed by atoms with Gasteiger partial charge in [0.1, 0.15) is 11.4 Å². The molecule has 0 radical (unpaired) electrons. The van der Waals surface area contributed by atoms with E-state index >= 15 is 0 Å². The minimum absolute atomic E-state index is 0.854. The van der Waals surface area contributed by atoms with Gasteiger partial charge in [0.15, 0.2) is 0 Å². The largest absolute Gasteiger partial charge is 0.497 e. The van der Waals surface area contributed by atoms with Gasteiger partial charge in [-0.25, -0.2) is 4.98 Å². The van der Waals surface area contributed by atoms with Crippen LogP contribution in [0.5, 0.6) is 5.75 Å². The summed E-state index contributed by atoms with van der Waals surface area (Å²) in [5.41, 5.74) is 3.22. The van der Waals surface area contributed by atoms with Crippen LogP contribution in [0.25, 0.3) is 27.6 Å². The van der Waals surface area contributed by atoms with Crippen LogP contribution >= 0.6 is 0 Å². The van der Waals surface area contributed by atoms with E-state index in [0.717, 1.165) is 22.6 Å². The fraction of sp³-hybridized carbons (Fsp3) is 0.0556. The van der Waals surface area contributed by atoms with Gasteiger partial charge in [0, 0.05) is 22.7 Å². The van der Waals surface area contributed by atoms with Crippen molar-refractivity contribution in [3.63, 3.8) is 0 Å². The third-order valence-corrected chi connectivity index (χ3v) is 3.76. The lowest BCUT2D eigenvalue weighted by molar-refractivity contribution is 0.415. The molecule has 21 heavy (non-hydrogen) atoms. The first-order chi connectivity index (χ1) is 10.4. The molecule has 2 aromatic carbocycles. The van der Waals surface area contributed by atoms with Gasteiger partial charge in [-0.05, 0) is 42.5 Å². The van der Waals surface area contributed by atoms with E-state index in [0.29, 0.717) is 0 Å². The zero-order valence-corrected chi connectivity index (χ0v) is 11.7. The second kappa shape index (κ2) is 4.63. The molecule has 102 valence electrons. The van der Waals surface area contributed by atoms with Crippen LogP contribution in [0.3, 0.4) is 0 Å². The number of nitrogens with zero attached hydrogens (tertiary/aromatic N) is 2. The van der Waals surface area contributed by atoms with Gasteiger partial charge < -0.3 is 4.74 Å². The highest BCUT2D eigenvalue weighted by molar-refractivity contribution is 6.07. The molecule has 0 saturated heterocycles. The second-order valence-electron chi connectivity index (χ2n) is 4.93. The number of rotatable bonds is 2. The predicted octanol–water partition coefficient (Wildman–Crippen LogP) is 4.19. The van der Waals surface area contributed by atoms with Crippen LogP contribution in [-0.2, 0) is 0 Å². The van der Waals surface area contributed by atoms with Crippen molar-refractivity contribution in [2.24, 2.45) is 0 Å². The number of hydrogen-bond donors (Lipinski definition) is 0. The molecule has 2 heterocycles. The molecule has 0 amide bonds. The predicted molar refractivity (Wildman–Crippen MR) is 85.1 cm³/mol. The molecule has 3 nitrogen and oxygen atoms in total. The molecule has 0 unspecified atom stereocenters. The highest BCUT2D eigenvalue weighted by Gasteiger charge is 2.12. The van der Waals surface area contributed by atoms with E-state index in [1.54, 1.807) is 7.11 Å². The highest BCUT2D eigenvalue weighted by atomic mass is 16.5. The molecule has 0 bridgehead atoms. The molecule has 3 heteroatoms. The van der Waals surface area contributed by atoms with Crippen molar-refractivity contribution in [1.82, 2.24) is 9.55 Å². The molecule has 0 aliphatic carbocycles. The molecule has 0 spiro atoms. The van der Waals surface area contributed by atoms with Gasteiger partial charge in [-0.2, -0.15) is 0 Å². The Morgan fingerprint density at radius 2 is 1.62 bits per heavy atom. The molecule has 0 N–H and O–H groups in total. The van der Waals surface area contributed by atoms with Crippen molar-refractivity contribution in [3.8, 4) is 11.4 Å². The topological polar surface area (TPSA) is 27.1 Å². The maximum Gasteiger partial charge on any atom is 0.145 e. The summed E-state index contributed by atoms with van der Waals surface area (Å²) in [6, 6.07) is 20.5. The quantitative estimate of drug-likeness (QED) is 0.548. The summed E-state index contributed by atoms with van der Waals surface area (Å²) >= 11 is 0. The van der Waals surface area contributed by atoms with E-state index < -0.39 is 0 Å². The first kappa shape index (κ1) is 12.0. The van der Waals surface area contributed by atoms with Gasteiger partial charge in [-0.1, -0.05) is 18.2 Å². The second-order valence-corrected chi connectivity index (χ2v) is 4.93. The molecule has 0 atom stereocenters. The highest BCUT2D eigenvalue weighted by Crippen LogP contribution is 2.30. The van der Waals surface area contributed by atoms with E-state index in [4.69, 9.17) is 4.74 Å². The van der Waals surface area contributed by atoms with Crippen molar-refractivity contribution in [1.29, 1.82) is 0 Å². The van der Waals surface area contributed by atoms with Gasteiger partial charge in [0.25, 0.3) is 0 Å². The van der Waals surface area contributed by atoms with Crippen molar-refractivity contribution < 1.29 is 4.74 Å². The zero-order valence-electron chi connectivity index (χ0n) is 11.7. The molecule has 0 fully saturated rings. The summed E-state index contributed by atoms with van der Waals surface area (Å²) in [4.78, 5) is 4.57. The fourth-order valence-electron chi connectivity index (χ4n) is 2.79. The summed E-state index contributed by atoms with van der Waals surface area (Å²) in [7, 11) is 1.68. The van der Waals surface area contributed by atoms with Crippen LogP contribution < -0.4 is 4.74 Å². The first-order valence-corrected chi connectivity index (χ1v) is 6.87. The summed E-state index contributed by atoms with van der Waals surface area (Å²) < 4.78 is 7.42. The molecular formula is C18H14N2O. The Kier molecular flexibility index (Phi) is 2.64. The molecule has 4 aromatic rings. The Hall–Kier alpha value is -2.81. The Bertz CT molecular complexity index is 870. The molecule has 0 aliphatic heterocycles. The third kappa shape index (κ3) is 1.78. The average Bonchev–Trinajstić information content (AvgIpc) is 2.90. The van der Waals surface area contributed by atoms with Gasteiger partial charge in [-0.15, -0.1) is 0 Å². The number of para-hydroxylation sites is 1. The van der Waals surface area contributed by atoms with Crippen molar-refractivity contribution in [2.75, 3.05) is 7.11 Å². The lowest BCUT2D eigenvalue weighted by atomic mass is 10.2. The van der Waals surface area contributed by atoms with Crippen LogP contribution in [0.2, 0.25) is 0 Å². The number of pyridine rings is 1. The van der Waals surface area contributed by atoms with Crippen molar-refractivity contribution >= 4 is 21.9 Å². The van der Waals surface area contributed by atoms with Crippen LogP contribution in [0.1, 0.15) is 0 Å². The molecular weight excluding hydrogens is 260 g/mol. The number of fused-ring (bicyclic) bond motifs is 3. The van der Waals surface area contributed by atoms with E-state index in [2.05, 4.69) is 52.0 Å². The summed E-state index contributed by atoms with van der Waals surface area (Å²) in [5.74, 6) is 0.854. The lowest BCUT2D eigenvalue weighted by Crippen LogP contribution is -1.95. The van der Waals surface area contributed by atoms with Gasteiger partial charge in [-0.3, -0.25) is 4.57 Å². The summed E-state index contributed by atoms with van der Waals surface area (Å²) in [5, 5.41) is 2.39. The van der Waals surface area contributed by atoms with Crippen LogP contribution in [0, 0.1) is 0 Å². The number of hydrogen-bond acceptors (Lipinski definition) is 2. The number of benzene rings is 2. The normalized spacial score (nSPS) is 11.1. The van der Waals surface area contributed by atoms with Crippen LogP contribution in [0.4, 0.5) is 0 Å². The number of aromatic nitrogens is 2. The van der Waals surface area contributed by atoms with Crippen LogP contribution in [0.15, 0.2) is 66.9 Å². The van der Waals surface area contributed by atoms with E-state index in [1.165, 1.54) is 10.8 Å². The van der Waals surface area contributed by atoms with Gasteiger partial charge in [0.2, 0.25) is 0 Å².